The molecule has 2 heterocycles. The molecule has 0 saturated carbocycles. The van der Waals surface area contributed by atoms with Crippen molar-refractivity contribution < 1.29 is 9.53 Å². The Labute approximate surface area is 104 Å². The number of nitrogens with one attached hydrogen (secondary N) is 1. The lowest BCUT2D eigenvalue weighted by Crippen LogP contribution is -2.58. The minimum Gasteiger partial charge on any atom is -0.377 e. The number of nitrogens with zero attached hydrogens (tertiary/aromatic N) is 1. The van der Waals surface area contributed by atoms with E-state index >= 15 is 0 Å². The average Bonchev–Trinajstić information content (AvgIpc) is 2.27. The van der Waals surface area contributed by atoms with E-state index in [-0.39, 0.29) is 11.5 Å². The first-order chi connectivity index (χ1) is 8.00. The SMILES string of the molecule is CC1CC(C(=O)N2CCOCC2(C)C)CCN1. The van der Waals surface area contributed by atoms with Crippen molar-refractivity contribution >= 4 is 5.91 Å². The molecule has 2 aliphatic heterocycles. The van der Waals surface area contributed by atoms with Crippen molar-refractivity contribution in [3.63, 3.8) is 0 Å². The summed E-state index contributed by atoms with van der Waals surface area (Å²) < 4.78 is 5.47. The van der Waals surface area contributed by atoms with Gasteiger partial charge in [0.25, 0.3) is 0 Å². The number of amides is 1. The highest BCUT2D eigenvalue weighted by Crippen LogP contribution is 2.25. The third-order valence-electron chi connectivity index (χ3n) is 3.88. The van der Waals surface area contributed by atoms with Gasteiger partial charge in [-0.2, -0.15) is 0 Å². The lowest BCUT2D eigenvalue weighted by molar-refractivity contribution is -0.151. The molecule has 0 bridgehead atoms. The van der Waals surface area contributed by atoms with Crippen molar-refractivity contribution in [1.82, 2.24) is 10.2 Å². The zero-order chi connectivity index (χ0) is 12.5. The monoisotopic (exact) mass is 240 g/mol. The maximum atomic E-state index is 12.6. The second-order valence-corrected chi connectivity index (χ2v) is 5.93. The third-order valence-corrected chi connectivity index (χ3v) is 3.88. The van der Waals surface area contributed by atoms with Gasteiger partial charge in [-0.05, 0) is 40.2 Å². The minimum absolute atomic E-state index is 0.149. The maximum Gasteiger partial charge on any atom is 0.226 e. The van der Waals surface area contributed by atoms with Crippen molar-refractivity contribution in [2.75, 3.05) is 26.3 Å². The molecule has 2 aliphatic rings. The highest BCUT2D eigenvalue weighted by Gasteiger charge is 2.38. The average molecular weight is 240 g/mol. The Balaban J connectivity index is 2.02. The fourth-order valence-electron chi connectivity index (χ4n) is 2.84. The van der Waals surface area contributed by atoms with Crippen LogP contribution in [0.5, 0.6) is 0 Å². The Morgan fingerprint density at radius 2 is 2.24 bits per heavy atom. The largest absolute Gasteiger partial charge is 0.377 e. The van der Waals surface area contributed by atoms with Crippen LogP contribution in [0.3, 0.4) is 0 Å². The highest BCUT2D eigenvalue weighted by atomic mass is 16.5. The Morgan fingerprint density at radius 1 is 1.47 bits per heavy atom. The first kappa shape index (κ1) is 12.8. The number of hydrogen-bond acceptors (Lipinski definition) is 3. The molecule has 0 spiro atoms. The van der Waals surface area contributed by atoms with Gasteiger partial charge in [-0.25, -0.2) is 0 Å². The number of hydrogen-bond donors (Lipinski definition) is 1. The molecule has 0 aromatic heterocycles. The lowest BCUT2D eigenvalue weighted by atomic mass is 9.90. The van der Waals surface area contributed by atoms with Crippen molar-refractivity contribution in [2.45, 2.75) is 45.2 Å². The molecule has 2 rings (SSSR count). The quantitative estimate of drug-likeness (QED) is 0.744. The fourth-order valence-corrected chi connectivity index (χ4v) is 2.84. The van der Waals surface area contributed by atoms with Gasteiger partial charge in [0.2, 0.25) is 5.91 Å². The van der Waals surface area contributed by atoms with E-state index in [0.717, 1.165) is 25.9 Å². The predicted molar refractivity (Wildman–Crippen MR) is 66.8 cm³/mol. The minimum atomic E-state index is -0.149. The molecule has 0 aliphatic carbocycles. The second kappa shape index (κ2) is 4.94. The first-order valence-corrected chi connectivity index (χ1v) is 6.63. The van der Waals surface area contributed by atoms with Crippen molar-refractivity contribution in [2.24, 2.45) is 5.92 Å². The normalized spacial score (nSPS) is 33.5. The maximum absolute atomic E-state index is 12.6. The van der Waals surface area contributed by atoms with E-state index < -0.39 is 0 Å². The molecule has 1 amide bonds. The van der Waals surface area contributed by atoms with Crippen molar-refractivity contribution in [3.05, 3.63) is 0 Å². The second-order valence-electron chi connectivity index (χ2n) is 5.93. The lowest BCUT2D eigenvalue weighted by Gasteiger charge is -2.44. The van der Waals surface area contributed by atoms with Crippen LogP contribution in [0.15, 0.2) is 0 Å². The van der Waals surface area contributed by atoms with Crippen LogP contribution in [0.4, 0.5) is 0 Å². The molecule has 2 saturated heterocycles. The summed E-state index contributed by atoms with van der Waals surface area (Å²) in [6.45, 7) is 9.37. The van der Waals surface area contributed by atoms with Crippen LogP contribution in [0.2, 0.25) is 0 Å². The van der Waals surface area contributed by atoms with Crippen LogP contribution in [-0.4, -0.2) is 48.7 Å². The van der Waals surface area contributed by atoms with Crippen molar-refractivity contribution in [3.8, 4) is 0 Å². The summed E-state index contributed by atoms with van der Waals surface area (Å²) in [5, 5.41) is 3.40. The number of piperidine rings is 1. The zero-order valence-corrected chi connectivity index (χ0v) is 11.2. The molecule has 1 N–H and O–H groups in total. The van der Waals surface area contributed by atoms with Crippen LogP contribution < -0.4 is 5.32 Å². The Bertz CT molecular complexity index is 291. The number of ether oxygens (including phenoxy) is 1. The molecule has 2 unspecified atom stereocenters. The number of carbonyl (C=O) groups excluding carboxylic acids is 1. The Morgan fingerprint density at radius 3 is 2.88 bits per heavy atom. The van der Waals surface area contributed by atoms with Gasteiger partial charge in [-0.3, -0.25) is 4.79 Å². The molecule has 98 valence electrons. The van der Waals surface area contributed by atoms with Crippen LogP contribution in [0.25, 0.3) is 0 Å². The molecular weight excluding hydrogens is 216 g/mol. The van der Waals surface area contributed by atoms with Gasteiger partial charge in [0.1, 0.15) is 0 Å². The Hall–Kier alpha value is -0.610. The molecule has 4 heteroatoms. The molecular formula is C13H24N2O2. The van der Waals surface area contributed by atoms with Gasteiger partial charge in [0.15, 0.2) is 0 Å². The number of morpholine rings is 1. The summed E-state index contributed by atoms with van der Waals surface area (Å²) in [6, 6.07) is 0.460. The predicted octanol–water partition coefficient (Wildman–Crippen LogP) is 1.01. The van der Waals surface area contributed by atoms with Gasteiger partial charge in [-0.15, -0.1) is 0 Å². The van der Waals surface area contributed by atoms with Crippen LogP contribution in [0.1, 0.15) is 33.6 Å². The summed E-state index contributed by atoms with van der Waals surface area (Å²) in [4.78, 5) is 14.6. The van der Waals surface area contributed by atoms with E-state index in [9.17, 15) is 4.79 Å². The summed E-state index contributed by atoms with van der Waals surface area (Å²) in [7, 11) is 0. The van der Waals surface area contributed by atoms with E-state index in [2.05, 4.69) is 26.1 Å². The highest BCUT2D eigenvalue weighted by molar-refractivity contribution is 5.80. The van der Waals surface area contributed by atoms with E-state index in [0.29, 0.717) is 25.2 Å². The smallest absolute Gasteiger partial charge is 0.226 e. The summed E-state index contributed by atoms with van der Waals surface area (Å²) in [6.07, 6.45) is 1.93. The zero-order valence-electron chi connectivity index (χ0n) is 11.2. The van der Waals surface area contributed by atoms with Gasteiger partial charge < -0.3 is 15.0 Å². The van der Waals surface area contributed by atoms with Crippen molar-refractivity contribution in [1.29, 1.82) is 0 Å². The van der Waals surface area contributed by atoms with E-state index in [1.165, 1.54) is 0 Å². The van der Waals surface area contributed by atoms with Gasteiger partial charge in [0, 0.05) is 18.5 Å². The molecule has 17 heavy (non-hydrogen) atoms. The molecule has 0 aromatic rings. The third kappa shape index (κ3) is 2.80. The summed E-state index contributed by atoms with van der Waals surface area (Å²) in [5.74, 6) is 0.523. The number of carbonyl (C=O) groups is 1. The topological polar surface area (TPSA) is 41.6 Å². The van der Waals surface area contributed by atoms with Gasteiger partial charge in [-0.1, -0.05) is 0 Å². The molecule has 2 atom stereocenters. The fraction of sp³-hybridized carbons (Fsp3) is 0.923. The molecule has 4 nitrogen and oxygen atoms in total. The van der Waals surface area contributed by atoms with E-state index in [4.69, 9.17) is 4.74 Å². The molecule has 0 aromatic carbocycles. The van der Waals surface area contributed by atoms with Crippen LogP contribution in [0, 0.1) is 5.92 Å². The first-order valence-electron chi connectivity index (χ1n) is 6.63. The summed E-state index contributed by atoms with van der Waals surface area (Å²) >= 11 is 0. The molecule has 2 fully saturated rings. The van der Waals surface area contributed by atoms with Gasteiger partial charge >= 0.3 is 0 Å². The number of rotatable bonds is 1. The van der Waals surface area contributed by atoms with E-state index in [1.54, 1.807) is 0 Å². The van der Waals surface area contributed by atoms with Gasteiger partial charge in [0.05, 0.1) is 18.8 Å². The molecule has 0 radical (unpaired) electrons. The Kier molecular flexibility index (Phi) is 3.73. The van der Waals surface area contributed by atoms with Crippen LogP contribution in [-0.2, 0) is 9.53 Å². The summed E-state index contributed by atoms with van der Waals surface area (Å²) in [5.41, 5.74) is -0.149. The van der Waals surface area contributed by atoms with Crippen LogP contribution >= 0.6 is 0 Å². The standard InChI is InChI=1S/C13H24N2O2/c1-10-8-11(4-5-14-10)12(16)15-6-7-17-9-13(15,2)3/h10-11,14H,4-9H2,1-3H3. The van der Waals surface area contributed by atoms with E-state index in [1.807, 2.05) is 4.90 Å².